The summed E-state index contributed by atoms with van der Waals surface area (Å²) in [6, 6.07) is 9.21. The number of carboxylic acids is 1. The van der Waals surface area contributed by atoms with Crippen molar-refractivity contribution in [2.75, 3.05) is 5.32 Å². The Morgan fingerprint density at radius 3 is 2.64 bits per heavy atom. The van der Waals surface area contributed by atoms with Crippen LogP contribution in [-0.2, 0) is 16.0 Å². The van der Waals surface area contributed by atoms with Crippen LogP contribution in [-0.4, -0.2) is 26.7 Å². The highest BCUT2D eigenvalue weighted by atomic mass is 32.2. The van der Waals surface area contributed by atoms with Gasteiger partial charge in [-0.25, -0.2) is 4.98 Å². The minimum absolute atomic E-state index is 0.148. The van der Waals surface area contributed by atoms with Crippen LogP contribution in [0.4, 0.5) is 5.69 Å². The van der Waals surface area contributed by atoms with Gasteiger partial charge in [-0.1, -0.05) is 30.0 Å². The van der Waals surface area contributed by atoms with Crippen molar-refractivity contribution in [1.29, 1.82) is 0 Å². The highest BCUT2D eigenvalue weighted by Gasteiger charge is 2.29. The van der Waals surface area contributed by atoms with E-state index >= 15 is 0 Å². The van der Waals surface area contributed by atoms with E-state index in [0.717, 1.165) is 5.69 Å². The number of aliphatic carboxylic acids is 1. The third-order valence-corrected chi connectivity index (χ3v) is 4.96. The van der Waals surface area contributed by atoms with Crippen LogP contribution in [0, 0.1) is 0 Å². The zero-order valence-electron chi connectivity index (χ0n) is 12.2. The lowest BCUT2D eigenvalue weighted by Crippen LogP contribution is -2.26. The molecule has 1 aromatic carbocycles. The third kappa shape index (κ3) is 4.57. The van der Waals surface area contributed by atoms with Crippen molar-refractivity contribution in [3.05, 3.63) is 41.4 Å². The van der Waals surface area contributed by atoms with E-state index in [4.69, 9.17) is 5.11 Å². The quantitative estimate of drug-likeness (QED) is 0.791. The fourth-order valence-corrected chi connectivity index (χ4v) is 3.76. The second-order valence-corrected chi connectivity index (χ2v) is 7.84. The number of hydrogen-bond donors (Lipinski definition) is 2. The molecule has 0 aliphatic heterocycles. The minimum atomic E-state index is -0.943. The number of nitrogens with zero attached hydrogens (tertiary/aromatic N) is 1. The summed E-state index contributed by atoms with van der Waals surface area (Å²) in [6.07, 6.45) is 0.166. The van der Waals surface area contributed by atoms with Crippen molar-refractivity contribution < 1.29 is 14.7 Å². The number of carbonyl (C=O) groups excluding carboxylic acids is 1. The van der Waals surface area contributed by atoms with E-state index < -0.39 is 10.7 Å². The molecular weight excluding hydrogens is 320 g/mol. The molecular formula is C15H16N2O3S2. The molecule has 0 radical (unpaired) electrons. The molecule has 0 saturated carbocycles. The summed E-state index contributed by atoms with van der Waals surface area (Å²) in [5.41, 5.74) is 1.38. The number of rotatable bonds is 6. The SMILES string of the molecule is CC(C)(Sc1nc(CC(=O)Nc2ccccc2)cs1)C(=O)O. The number of hydrogen-bond acceptors (Lipinski definition) is 5. The Morgan fingerprint density at radius 2 is 2.00 bits per heavy atom. The first-order chi connectivity index (χ1) is 10.4. The number of thioether (sulfide) groups is 1. The Kier molecular flexibility index (Phi) is 5.20. The molecule has 0 aliphatic rings. The summed E-state index contributed by atoms with van der Waals surface area (Å²) in [5, 5.41) is 13.7. The van der Waals surface area contributed by atoms with Crippen molar-refractivity contribution >= 4 is 40.7 Å². The fraction of sp³-hybridized carbons (Fsp3) is 0.267. The van der Waals surface area contributed by atoms with Gasteiger partial charge in [-0.3, -0.25) is 9.59 Å². The summed E-state index contributed by atoms with van der Waals surface area (Å²) in [7, 11) is 0. The van der Waals surface area contributed by atoms with Crippen LogP contribution in [0.2, 0.25) is 0 Å². The van der Waals surface area contributed by atoms with Crippen molar-refractivity contribution in [1.82, 2.24) is 4.98 Å². The molecule has 0 unspecified atom stereocenters. The highest BCUT2D eigenvalue weighted by molar-refractivity contribution is 8.02. The number of aromatic nitrogens is 1. The van der Waals surface area contributed by atoms with E-state index in [0.29, 0.717) is 10.0 Å². The average molecular weight is 336 g/mol. The Bertz CT molecular complexity index is 668. The summed E-state index contributed by atoms with van der Waals surface area (Å²) in [6.45, 7) is 3.26. The van der Waals surface area contributed by atoms with Gasteiger partial charge in [0, 0.05) is 11.1 Å². The molecule has 1 heterocycles. The van der Waals surface area contributed by atoms with Gasteiger partial charge >= 0.3 is 5.97 Å². The molecule has 2 rings (SSSR count). The van der Waals surface area contributed by atoms with Crippen molar-refractivity contribution in [3.63, 3.8) is 0 Å². The number of carboxylic acid groups (broad SMARTS) is 1. The largest absolute Gasteiger partial charge is 0.480 e. The van der Waals surface area contributed by atoms with Crippen LogP contribution < -0.4 is 5.32 Å². The summed E-state index contributed by atoms with van der Waals surface area (Å²) in [4.78, 5) is 27.4. The number of nitrogens with one attached hydrogen (secondary N) is 1. The molecule has 5 nitrogen and oxygen atoms in total. The number of benzene rings is 1. The third-order valence-electron chi connectivity index (χ3n) is 2.79. The van der Waals surface area contributed by atoms with E-state index in [1.165, 1.54) is 23.1 Å². The molecule has 0 saturated heterocycles. The zero-order valence-corrected chi connectivity index (χ0v) is 13.8. The number of anilines is 1. The molecule has 116 valence electrons. The van der Waals surface area contributed by atoms with Crippen LogP contribution >= 0.6 is 23.1 Å². The van der Waals surface area contributed by atoms with Crippen molar-refractivity contribution in [3.8, 4) is 0 Å². The van der Waals surface area contributed by atoms with Gasteiger partial charge in [-0.2, -0.15) is 0 Å². The molecule has 0 spiro atoms. The molecule has 2 N–H and O–H groups in total. The Morgan fingerprint density at radius 1 is 1.32 bits per heavy atom. The van der Waals surface area contributed by atoms with Crippen LogP contribution in [0.3, 0.4) is 0 Å². The minimum Gasteiger partial charge on any atom is -0.480 e. The van der Waals surface area contributed by atoms with E-state index in [2.05, 4.69) is 10.3 Å². The number of thiazole rings is 1. The topological polar surface area (TPSA) is 79.3 Å². The average Bonchev–Trinajstić information content (AvgIpc) is 2.85. The highest BCUT2D eigenvalue weighted by Crippen LogP contribution is 2.34. The predicted molar refractivity (Wildman–Crippen MR) is 88.5 cm³/mol. The van der Waals surface area contributed by atoms with Crippen LogP contribution in [0.5, 0.6) is 0 Å². The molecule has 0 fully saturated rings. The smallest absolute Gasteiger partial charge is 0.319 e. The lowest BCUT2D eigenvalue weighted by atomic mass is 10.2. The second-order valence-electron chi connectivity index (χ2n) is 5.11. The van der Waals surface area contributed by atoms with Gasteiger partial charge in [0.15, 0.2) is 4.34 Å². The molecule has 1 amide bonds. The number of amides is 1. The second kappa shape index (κ2) is 6.93. The van der Waals surface area contributed by atoms with Gasteiger partial charge in [0.05, 0.1) is 12.1 Å². The maximum atomic E-state index is 11.9. The summed E-state index contributed by atoms with van der Waals surface area (Å²) in [5.74, 6) is -1.04. The van der Waals surface area contributed by atoms with Crippen LogP contribution in [0.15, 0.2) is 40.1 Å². The number of para-hydroxylation sites is 1. The van der Waals surface area contributed by atoms with Gasteiger partial charge in [-0.05, 0) is 26.0 Å². The monoisotopic (exact) mass is 336 g/mol. The standard InChI is InChI=1S/C15H16N2O3S2/c1-15(2,13(19)20)22-14-17-11(9-21-14)8-12(18)16-10-6-4-3-5-7-10/h3-7,9H,8H2,1-2H3,(H,16,18)(H,19,20). The van der Waals surface area contributed by atoms with Gasteiger partial charge in [0.25, 0.3) is 0 Å². The lowest BCUT2D eigenvalue weighted by Gasteiger charge is -2.15. The normalized spacial score (nSPS) is 11.2. The summed E-state index contributed by atoms with van der Waals surface area (Å²) < 4.78 is -0.295. The van der Waals surface area contributed by atoms with E-state index in [1.807, 2.05) is 30.3 Å². The zero-order chi connectivity index (χ0) is 16.2. The summed E-state index contributed by atoms with van der Waals surface area (Å²) >= 11 is 2.53. The first-order valence-corrected chi connectivity index (χ1v) is 8.28. The Balaban J connectivity index is 1.94. The Hall–Kier alpha value is -1.86. The molecule has 0 aliphatic carbocycles. The van der Waals surface area contributed by atoms with E-state index in [1.54, 1.807) is 19.2 Å². The number of carbonyl (C=O) groups is 2. The molecule has 7 heteroatoms. The molecule has 0 bridgehead atoms. The lowest BCUT2D eigenvalue weighted by molar-refractivity contribution is -0.138. The van der Waals surface area contributed by atoms with Crippen LogP contribution in [0.1, 0.15) is 19.5 Å². The molecule has 2 aromatic rings. The first-order valence-electron chi connectivity index (χ1n) is 6.58. The van der Waals surface area contributed by atoms with Crippen molar-refractivity contribution in [2.24, 2.45) is 0 Å². The van der Waals surface area contributed by atoms with Gasteiger partial charge in [0.1, 0.15) is 4.75 Å². The van der Waals surface area contributed by atoms with Gasteiger partial charge in [0.2, 0.25) is 5.91 Å². The fourth-order valence-electron chi connectivity index (χ4n) is 1.57. The first kappa shape index (κ1) is 16.5. The van der Waals surface area contributed by atoms with Gasteiger partial charge < -0.3 is 10.4 Å². The molecule has 22 heavy (non-hydrogen) atoms. The predicted octanol–water partition coefficient (Wildman–Crippen LogP) is 3.28. The molecule has 0 atom stereocenters. The maximum Gasteiger partial charge on any atom is 0.319 e. The maximum absolute atomic E-state index is 11.9. The van der Waals surface area contributed by atoms with Crippen LogP contribution in [0.25, 0.3) is 0 Å². The Labute approximate surface area is 136 Å². The molecule has 1 aromatic heterocycles. The van der Waals surface area contributed by atoms with E-state index in [-0.39, 0.29) is 12.3 Å². The van der Waals surface area contributed by atoms with Gasteiger partial charge in [-0.15, -0.1) is 11.3 Å². The van der Waals surface area contributed by atoms with E-state index in [9.17, 15) is 9.59 Å². The van der Waals surface area contributed by atoms with Crippen molar-refractivity contribution in [2.45, 2.75) is 29.4 Å².